The molecule has 1 aliphatic carbocycles. The van der Waals surface area contributed by atoms with E-state index in [1.807, 2.05) is 0 Å². The van der Waals surface area contributed by atoms with Gasteiger partial charge in [0.05, 0.1) is 23.7 Å². The van der Waals surface area contributed by atoms with Crippen LogP contribution in [0.5, 0.6) is 0 Å². The van der Waals surface area contributed by atoms with Crippen molar-refractivity contribution in [3.05, 3.63) is 94.6 Å². The monoisotopic (exact) mass is 588 g/mol. The molecule has 4 heterocycles. The molecule has 0 amide bonds. The molecular weight excluding hydrogens is 564 g/mol. The first kappa shape index (κ1) is 27.3. The van der Waals surface area contributed by atoms with Crippen LogP contribution in [0.2, 0.25) is 0 Å². The lowest BCUT2D eigenvalue weighted by atomic mass is 9.61. The Morgan fingerprint density at radius 2 is 1.88 bits per heavy atom. The van der Waals surface area contributed by atoms with Gasteiger partial charge in [0.1, 0.15) is 16.4 Å². The molecule has 41 heavy (non-hydrogen) atoms. The number of aromatic nitrogens is 5. The van der Waals surface area contributed by atoms with Crippen molar-refractivity contribution >= 4 is 15.8 Å². The van der Waals surface area contributed by atoms with Gasteiger partial charge in [-0.05, 0) is 73.7 Å². The second-order valence-corrected chi connectivity index (χ2v) is 12.2. The summed E-state index contributed by atoms with van der Waals surface area (Å²) in [4.78, 5) is 17.7. The molecule has 1 aliphatic heterocycles. The number of alkyl halides is 3. The molecule has 4 aromatic rings. The van der Waals surface area contributed by atoms with Gasteiger partial charge < -0.3 is 5.32 Å². The summed E-state index contributed by atoms with van der Waals surface area (Å²) in [6.45, 7) is 0.849. The fraction of sp³-hybridized carbons (Fsp3) is 0.333. The highest BCUT2D eigenvalue weighted by Crippen LogP contribution is 2.46. The molecule has 3 aromatic heterocycles. The highest BCUT2D eigenvalue weighted by Gasteiger charge is 2.49. The number of halogens is 4. The number of hydrogen-bond acceptors (Lipinski definition) is 7. The van der Waals surface area contributed by atoms with E-state index in [2.05, 4.69) is 20.5 Å². The number of carbonyl (C=O) groups is 1. The van der Waals surface area contributed by atoms with Crippen LogP contribution in [-0.4, -0.2) is 51.2 Å². The van der Waals surface area contributed by atoms with Gasteiger partial charge in [-0.25, -0.2) is 9.37 Å². The van der Waals surface area contributed by atoms with E-state index in [9.17, 15) is 30.8 Å². The molecule has 0 spiro atoms. The van der Waals surface area contributed by atoms with E-state index in [1.54, 1.807) is 7.05 Å². The van der Waals surface area contributed by atoms with Crippen LogP contribution in [0, 0.1) is 11.7 Å². The predicted octanol–water partition coefficient (Wildman–Crippen LogP) is 3.28. The minimum Gasteiger partial charge on any atom is -0.316 e. The van der Waals surface area contributed by atoms with Crippen LogP contribution >= 0.6 is 0 Å². The minimum absolute atomic E-state index is 0.00723. The number of nitrogens with one attached hydrogen (secondary N) is 1. The van der Waals surface area contributed by atoms with E-state index >= 15 is 0 Å². The standard InChI is InChI=1S/C27H24F4N6O3S/c1-36-14-21(13-33-36)41(39,40)37-23-9-18-6-7-32-15-26(18,11-17(23)12-34-37)24-10-19(27(29,30)31)8-22(35-24)25(38)16-2-4-20(28)5-3-16/h2-5,8,10,12-14,18,32H,6-7,9,11,15H2,1H3/t18-,26-/m0/s1. The number of hydrogen-bond donors (Lipinski definition) is 1. The first-order valence-corrected chi connectivity index (χ1v) is 14.2. The number of rotatable bonds is 5. The number of piperidine rings is 1. The molecule has 1 aromatic carbocycles. The molecule has 14 heteroatoms. The van der Waals surface area contributed by atoms with Gasteiger partial charge in [0.25, 0.3) is 10.0 Å². The van der Waals surface area contributed by atoms with Crippen LogP contribution < -0.4 is 5.32 Å². The van der Waals surface area contributed by atoms with Gasteiger partial charge >= 0.3 is 6.18 Å². The normalized spacial score (nSPS) is 20.9. The van der Waals surface area contributed by atoms with Gasteiger partial charge in [-0.3, -0.25) is 9.48 Å². The van der Waals surface area contributed by atoms with Gasteiger partial charge in [0, 0.05) is 36.5 Å². The molecule has 1 saturated heterocycles. The summed E-state index contributed by atoms with van der Waals surface area (Å²) in [5, 5.41) is 11.4. The third-order valence-corrected chi connectivity index (χ3v) is 9.54. The maximum Gasteiger partial charge on any atom is 0.416 e. The third-order valence-electron chi connectivity index (χ3n) is 7.97. The zero-order valence-corrected chi connectivity index (χ0v) is 22.5. The van der Waals surface area contributed by atoms with Crippen LogP contribution in [0.4, 0.5) is 17.6 Å². The average molecular weight is 589 g/mol. The van der Waals surface area contributed by atoms with Crippen molar-refractivity contribution in [1.82, 2.24) is 29.3 Å². The molecule has 1 fully saturated rings. The Balaban J connectivity index is 1.46. The van der Waals surface area contributed by atoms with Gasteiger partial charge in [0.2, 0.25) is 5.78 Å². The summed E-state index contributed by atoms with van der Waals surface area (Å²) in [6.07, 6.45) is 0.203. The first-order chi connectivity index (χ1) is 19.4. The Morgan fingerprint density at radius 3 is 2.56 bits per heavy atom. The van der Waals surface area contributed by atoms with Crippen LogP contribution in [0.1, 0.15) is 45.0 Å². The van der Waals surface area contributed by atoms with Crippen LogP contribution in [0.25, 0.3) is 0 Å². The smallest absolute Gasteiger partial charge is 0.316 e. The summed E-state index contributed by atoms with van der Waals surface area (Å²) >= 11 is 0. The molecule has 2 aliphatic rings. The molecule has 0 unspecified atom stereocenters. The first-order valence-electron chi connectivity index (χ1n) is 12.8. The van der Waals surface area contributed by atoms with Crippen LogP contribution in [0.15, 0.2) is 59.9 Å². The van der Waals surface area contributed by atoms with E-state index in [0.717, 1.165) is 22.3 Å². The third kappa shape index (κ3) is 4.64. The summed E-state index contributed by atoms with van der Waals surface area (Å²) in [5.74, 6) is -1.64. The van der Waals surface area contributed by atoms with Gasteiger partial charge in [-0.15, -0.1) is 0 Å². The second kappa shape index (κ2) is 9.58. The van der Waals surface area contributed by atoms with Crippen molar-refractivity contribution in [1.29, 1.82) is 0 Å². The number of aryl methyl sites for hydroxylation is 1. The maximum absolute atomic E-state index is 14.1. The average Bonchev–Trinajstić information content (AvgIpc) is 3.57. The van der Waals surface area contributed by atoms with Crippen molar-refractivity contribution in [3.8, 4) is 0 Å². The number of ketones is 1. The highest BCUT2D eigenvalue weighted by atomic mass is 32.2. The van der Waals surface area contributed by atoms with E-state index in [1.165, 1.54) is 35.4 Å². The number of nitrogens with zero attached hydrogens (tertiary/aromatic N) is 5. The SMILES string of the molecule is Cn1cc(S(=O)(=O)n2ncc3c2C[C@@H]2CCNC[C@@]2(c2cc(C(F)(F)F)cc(C(=O)c4ccc(F)cc4)n2)C3)cn1. The Hall–Kier alpha value is -3.91. The molecule has 214 valence electrons. The molecule has 0 bridgehead atoms. The second-order valence-electron chi connectivity index (χ2n) is 10.5. The van der Waals surface area contributed by atoms with E-state index in [4.69, 9.17) is 0 Å². The van der Waals surface area contributed by atoms with Crippen molar-refractivity contribution < 1.29 is 30.8 Å². The highest BCUT2D eigenvalue weighted by molar-refractivity contribution is 7.89. The lowest BCUT2D eigenvalue weighted by molar-refractivity contribution is -0.137. The van der Waals surface area contributed by atoms with Crippen LogP contribution in [0.3, 0.4) is 0 Å². The van der Waals surface area contributed by atoms with E-state index in [0.29, 0.717) is 30.3 Å². The molecular formula is C27H24F4N6O3S. The van der Waals surface area contributed by atoms with E-state index < -0.39 is 44.5 Å². The van der Waals surface area contributed by atoms with Crippen LogP contribution in [-0.2, 0) is 41.5 Å². The number of carbonyl (C=O) groups excluding carboxylic acids is 1. The van der Waals surface area contributed by atoms with E-state index in [-0.39, 0.29) is 41.5 Å². The predicted molar refractivity (Wildman–Crippen MR) is 137 cm³/mol. The quantitative estimate of drug-likeness (QED) is 0.281. The molecule has 2 atom stereocenters. The Bertz CT molecular complexity index is 1760. The van der Waals surface area contributed by atoms with Gasteiger partial charge in [-0.1, -0.05) is 0 Å². The molecule has 1 N–H and O–H groups in total. The number of pyridine rings is 1. The summed E-state index contributed by atoms with van der Waals surface area (Å²) in [7, 11) is -2.45. The fourth-order valence-electron chi connectivity index (χ4n) is 5.88. The maximum atomic E-state index is 14.1. The zero-order chi connectivity index (χ0) is 29.2. The van der Waals surface area contributed by atoms with Crippen molar-refractivity contribution in [2.45, 2.75) is 35.7 Å². The number of benzene rings is 1. The summed E-state index contributed by atoms with van der Waals surface area (Å²) in [6, 6.07) is 6.20. The lowest BCUT2D eigenvalue weighted by Crippen LogP contribution is -2.54. The largest absolute Gasteiger partial charge is 0.416 e. The zero-order valence-electron chi connectivity index (χ0n) is 21.7. The van der Waals surface area contributed by atoms with Gasteiger partial charge in [0.15, 0.2) is 0 Å². The Labute approximate surface area is 232 Å². The van der Waals surface area contributed by atoms with Gasteiger partial charge in [-0.2, -0.15) is 35.9 Å². The Morgan fingerprint density at radius 1 is 1.12 bits per heavy atom. The summed E-state index contributed by atoms with van der Waals surface area (Å²) < 4.78 is 84.8. The molecule has 0 radical (unpaired) electrons. The minimum atomic E-state index is -4.76. The Kier molecular flexibility index (Phi) is 6.37. The molecule has 9 nitrogen and oxygen atoms in total. The molecule has 0 saturated carbocycles. The topological polar surface area (TPSA) is 112 Å². The van der Waals surface area contributed by atoms with Crippen molar-refractivity contribution in [2.24, 2.45) is 13.0 Å². The van der Waals surface area contributed by atoms with Crippen molar-refractivity contribution in [2.75, 3.05) is 13.1 Å². The fourth-order valence-corrected chi connectivity index (χ4v) is 7.19. The number of fused-ring (bicyclic) bond motifs is 2. The summed E-state index contributed by atoms with van der Waals surface area (Å²) in [5.41, 5.74) is -1.26. The lowest BCUT2D eigenvalue weighted by Gasteiger charge is -2.47. The van der Waals surface area contributed by atoms with Crippen molar-refractivity contribution in [3.63, 3.8) is 0 Å². The molecule has 6 rings (SSSR count).